The van der Waals surface area contributed by atoms with Crippen LogP contribution in [0.1, 0.15) is 19.8 Å². The van der Waals surface area contributed by atoms with Crippen molar-refractivity contribution in [2.24, 2.45) is 0 Å². The molecule has 0 unspecified atom stereocenters. The Hall–Kier alpha value is -2.04. The number of hydrogen-bond acceptors (Lipinski definition) is 4. The van der Waals surface area contributed by atoms with Crippen molar-refractivity contribution in [3.05, 3.63) is 24.3 Å². The van der Waals surface area contributed by atoms with Crippen LogP contribution in [0.3, 0.4) is 0 Å². The third-order valence-electron chi connectivity index (χ3n) is 3.75. The van der Waals surface area contributed by atoms with E-state index in [-0.39, 0.29) is 11.7 Å². The van der Waals surface area contributed by atoms with E-state index in [1.807, 2.05) is 29.2 Å². The lowest BCUT2D eigenvalue weighted by Gasteiger charge is -2.36. The quantitative estimate of drug-likeness (QED) is 0.828. The minimum atomic E-state index is 0.0657. The average molecular weight is 290 g/mol. The fourth-order valence-corrected chi connectivity index (χ4v) is 2.53. The molecule has 5 heteroatoms. The number of piperazine rings is 1. The van der Waals surface area contributed by atoms with Gasteiger partial charge in [-0.3, -0.25) is 4.79 Å². The summed E-state index contributed by atoms with van der Waals surface area (Å²) in [5.74, 6) is 0.995. The normalized spacial score (nSPS) is 15.0. The van der Waals surface area contributed by atoms with E-state index < -0.39 is 0 Å². The number of nitrogens with zero attached hydrogens (tertiary/aromatic N) is 2. The van der Waals surface area contributed by atoms with Crippen LogP contribution in [0.25, 0.3) is 0 Å². The molecule has 0 saturated carbocycles. The highest BCUT2D eigenvalue weighted by Crippen LogP contribution is 2.28. The van der Waals surface area contributed by atoms with Gasteiger partial charge in [-0.2, -0.15) is 0 Å². The molecule has 1 heterocycles. The number of carbonyl (C=O) groups excluding carboxylic acids is 2. The van der Waals surface area contributed by atoms with Gasteiger partial charge in [0, 0.05) is 39.0 Å². The van der Waals surface area contributed by atoms with Gasteiger partial charge in [0.1, 0.15) is 11.5 Å². The van der Waals surface area contributed by atoms with E-state index in [2.05, 4.69) is 4.90 Å². The van der Waals surface area contributed by atoms with Crippen molar-refractivity contribution in [2.75, 3.05) is 38.2 Å². The first-order valence-corrected chi connectivity index (χ1v) is 7.27. The van der Waals surface area contributed by atoms with Gasteiger partial charge in [-0.1, -0.05) is 12.1 Å². The molecule has 1 aromatic rings. The molecule has 1 fully saturated rings. The molecular weight excluding hydrogens is 268 g/mol. The summed E-state index contributed by atoms with van der Waals surface area (Å²) in [4.78, 5) is 27.0. The molecule has 0 radical (unpaired) electrons. The largest absolute Gasteiger partial charge is 0.495 e. The Morgan fingerprint density at radius 2 is 1.76 bits per heavy atom. The molecule has 21 heavy (non-hydrogen) atoms. The molecule has 1 aliphatic heterocycles. The first kappa shape index (κ1) is 15.4. The summed E-state index contributed by atoms with van der Waals surface area (Å²) in [5, 5.41) is 0. The van der Waals surface area contributed by atoms with Crippen molar-refractivity contribution in [1.82, 2.24) is 4.90 Å². The van der Waals surface area contributed by atoms with Crippen molar-refractivity contribution < 1.29 is 14.3 Å². The third-order valence-corrected chi connectivity index (χ3v) is 3.75. The maximum atomic E-state index is 12.0. The Kier molecular flexibility index (Phi) is 5.20. The number of rotatable bonds is 5. The second-order valence-corrected chi connectivity index (χ2v) is 5.24. The van der Waals surface area contributed by atoms with E-state index in [0.717, 1.165) is 24.5 Å². The molecule has 0 atom stereocenters. The summed E-state index contributed by atoms with van der Waals surface area (Å²) >= 11 is 0. The Balaban J connectivity index is 1.91. The molecule has 0 spiro atoms. The molecule has 1 amide bonds. The van der Waals surface area contributed by atoms with Crippen LogP contribution in [0.4, 0.5) is 5.69 Å². The Morgan fingerprint density at radius 3 is 2.38 bits per heavy atom. The fourth-order valence-electron chi connectivity index (χ4n) is 2.53. The van der Waals surface area contributed by atoms with Gasteiger partial charge >= 0.3 is 0 Å². The van der Waals surface area contributed by atoms with Crippen LogP contribution in [0, 0.1) is 0 Å². The number of Topliss-reactive ketones (excluding diaryl/α,β-unsaturated/α-hetero) is 1. The number of benzene rings is 1. The average Bonchev–Trinajstić information content (AvgIpc) is 2.52. The Morgan fingerprint density at radius 1 is 1.10 bits per heavy atom. The first-order valence-electron chi connectivity index (χ1n) is 7.27. The van der Waals surface area contributed by atoms with Crippen LogP contribution in [0.15, 0.2) is 24.3 Å². The lowest BCUT2D eigenvalue weighted by atomic mass is 10.2. The molecule has 1 saturated heterocycles. The number of hydrogen-bond donors (Lipinski definition) is 0. The predicted octanol–water partition coefficient (Wildman–Crippen LogP) is 1.71. The number of amides is 1. The molecular formula is C16H22N2O3. The van der Waals surface area contributed by atoms with E-state index >= 15 is 0 Å². The fraction of sp³-hybridized carbons (Fsp3) is 0.500. The number of ether oxygens (including phenoxy) is 1. The number of carbonyl (C=O) groups is 2. The highest BCUT2D eigenvalue weighted by molar-refractivity contribution is 5.83. The zero-order valence-electron chi connectivity index (χ0n) is 12.7. The summed E-state index contributed by atoms with van der Waals surface area (Å²) in [6.45, 7) is 4.47. The Bertz CT molecular complexity index is 508. The maximum Gasteiger partial charge on any atom is 0.223 e. The van der Waals surface area contributed by atoms with Gasteiger partial charge < -0.3 is 19.3 Å². The SMILES string of the molecule is COc1ccccc1N1CCN(C(=O)CCC(C)=O)CC1. The molecule has 2 rings (SSSR count). The van der Waals surface area contributed by atoms with Crippen LogP contribution >= 0.6 is 0 Å². The second kappa shape index (κ2) is 7.11. The van der Waals surface area contributed by atoms with Gasteiger partial charge in [0.2, 0.25) is 5.91 Å². The van der Waals surface area contributed by atoms with Gasteiger partial charge in [-0.15, -0.1) is 0 Å². The number of ketones is 1. The third kappa shape index (κ3) is 3.97. The van der Waals surface area contributed by atoms with Crippen molar-refractivity contribution in [3.63, 3.8) is 0 Å². The number of para-hydroxylation sites is 2. The van der Waals surface area contributed by atoms with Gasteiger partial charge in [0.25, 0.3) is 0 Å². The summed E-state index contributed by atoms with van der Waals surface area (Å²) < 4.78 is 5.38. The van der Waals surface area contributed by atoms with Gasteiger partial charge in [0.15, 0.2) is 0 Å². The minimum absolute atomic E-state index is 0.0657. The highest BCUT2D eigenvalue weighted by Gasteiger charge is 2.22. The van der Waals surface area contributed by atoms with Crippen molar-refractivity contribution >= 4 is 17.4 Å². The standard InChI is InChI=1S/C16H22N2O3/c1-13(19)7-8-16(20)18-11-9-17(10-12-18)14-5-3-4-6-15(14)21-2/h3-6H,7-12H2,1-2H3. The summed E-state index contributed by atoms with van der Waals surface area (Å²) in [5.41, 5.74) is 1.07. The van der Waals surface area contributed by atoms with Gasteiger partial charge in [0.05, 0.1) is 12.8 Å². The van der Waals surface area contributed by atoms with E-state index in [9.17, 15) is 9.59 Å². The van der Waals surface area contributed by atoms with E-state index in [1.165, 1.54) is 6.92 Å². The monoisotopic (exact) mass is 290 g/mol. The Labute approximate surface area is 125 Å². The second-order valence-electron chi connectivity index (χ2n) is 5.24. The van der Waals surface area contributed by atoms with Crippen molar-refractivity contribution in [2.45, 2.75) is 19.8 Å². The van der Waals surface area contributed by atoms with Crippen LogP contribution in [0.2, 0.25) is 0 Å². The van der Waals surface area contributed by atoms with Gasteiger partial charge in [-0.05, 0) is 19.1 Å². The zero-order valence-corrected chi connectivity index (χ0v) is 12.7. The van der Waals surface area contributed by atoms with E-state index in [1.54, 1.807) is 7.11 Å². The lowest BCUT2D eigenvalue weighted by Crippen LogP contribution is -2.48. The molecule has 0 bridgehead atoms. The van der Waals surface area contributed by atoms with Crippen LogP contribution in [-0.2, 0) is 9.59 Å². The molecule has 1 aromatic carbocycles. The number of anilines is 1. The van der Waals surface area contributed by atoms with Crippen molar-refractivity contribution in [1.29, 1.82) is 0 Å². The molecule has 0 aromatic heterocycles. The smallest absolute Gasteiger partial charge is 0.223 e. The molecule has 0 N–H and O–H groups in total. The summed E-state index contributed by atoms with van der Waals surface area (Å²) in [6, 6.07) is 7.91. The van der Waals surface area contributed by atoms with E-state index in [4.69, 9.17) is 4.74 Å². The van der Waals surface area contributed by atoms with Crippen LogP contribution in [0.5, 0.6) is 5.75 Å². The topological polar surface area (TPSA) is 49.9 Å². The minimum Gasteiger partial charge on any atom is -0.495 e. The highest BCUT2D eigenvalue weighted by atomic mass is 16.5. The lowest BCUT2D eigenvalue weighted by molar-refractivity contribution is -0.133. The van der Waals surface area contributed by atoms with Gasteiger partial charge in [-0.25, -0.2) is 0 Å². The summed E-state index contributed by atoms with van der Waals surface area (Å²) in [6.07, 6.45) is 0.662. The first-order chi connectivity index (χ1) is 10.1. The molecule has 5 nitrogen and oxygen atoms in total. The zero-order chi connectivity index (χ0) is 15.2. The summed E-state index contributed by atoms with van der Waals surface area (Å²) in [7, 11) is 1.67. The molecule has 0 aliphatic carbocycles. The van der Waals surface area contributed by atoms with Crippen LogP contribution < -0.4 is 9.64 Å². The van der Waals surface area contributed by atoms with Crippen LogP contribution in [-0.4, -0.2) is 49.9 Å². The van der Waals surface area contributed by atoms with Crippen molar-refractivity contribution in [3.8, 4) is 5.75 Å². The maximum absolute atomic E-state index is 12.0. The van der Waals surface area contributed by atoms with E-state index in [0.29, 0.717) is 25.9 Å². The molecule has 114 valence electrons. The predicted molar refractivity (Wildman–Crippen MR) is 81.7 cm³/mol. The molecule has 1 aliphatic rings. The number of methoxy groups -OCH3 is 1.